The summed E-state index contributed by atoms with van der Waals surface area (Å²) in [4.78, 5) is 5.38. The molecule has 0 bridgehead atoms. The molecule has 0 aliphatic carbocycles. The molecule has 0 spiro atoms. The maximum atomic E-state index is 5.38. The molecule has 0 N–H and O–H groups in total. The van der Waals surface area contributed by atoms with Crippen molar-refractivity contribution in [3.05, 3.63) is 156 Å². The molecular weight excluding hydrogens is 601 g/mol. The molecule has 8 aromatic rings. The molecule has 0 atom stereocenters. The Hall–Kier alpha value is -5.25. The van der Waals surface area contributed by atoms with E-state index in [2.05, 4.69) is 177 Å². The summed E-state index contributed by atoms with van der Waals surface area (Å²) >= 11 is 1.79. The van der Waals surface area contributed by atoms with Gasteiger partial charge in [-0.1, -0.05) is 131 Å². The molecule has 234 valence electrons. The predicted octanol–water partition coefficient (Wildman–Crippen LogP) is 13.2. The highest BCUT2D eigenvalue weighted by Crippen LogP contribution is 2.43. The lowest BCUT2D eigenvalue weighted by atomic mass is 9.88. The Labute approximate surface area is 287 Å². The number of thiophene rings is 1. The molecule has 6 aromatic carbocycles. The Morgan fingerprint density at radius 1 is 0.521 bits per heavy atom. The molecule has 0 saturated carbocycles. The third kappa shape index (κ3) is 5.35. The molecule has 0 amide bonds. The first-order valence-electron chi connectivity index (χ1n) is 16.8. The average Bonchev–Trinajstić information content (AvgIpc) is 3.73. The fraction of sp³-hybridized carbons (Fsp3) is 0.133. The van der Waals surface area contributed by atoms with Gasteiger partial charge in [0, 0.05) is 21.0 Å². The van der Waals surface area contributed by atoms with Crippen molar-refractivity contribution in [2.24, 2.45) is 0 Å². The zero-order valence-corrected chi connectivity index (χ0v) is 28.6. The van der Waals surface area contributed by atoms with Crippen LogP contribution >= 0.6 is 11.3 Å². The van der Waals surface area contributed by atoms with Crippen LogP contribution in [0.5, 0.6) is 0 Å². The minimum atomic E-state index is 0.319. The van der Waals surface area contributed by atoms with Crippen LogP contribution in [0.1, 0.15) is 50.7 Å². The molecule has 0 radical (unpaired) electrons. The van der Waals surface area contributed by atoms with Crippen molar-refractivity contribution in [1.29, 1.82) is 0 Å². The number of rotatable bonds is 7. The Balaban J connectivity index is 1.33. The number of hydrogen-bond acceptors (Lipinski definition) is 2. The van der Waals surface area contributed by atoms with Gasteiger partial charge < -0.3 is 0 Å². The first kappa shape index (κ1) is 30.1. The van der Waals surface area contributed by atoms with E-state index < -0.39 is 0 Å². The SMILES string of the molecule is CC(C)c1cc(-c2ccccc2)cc(C(C)C)c1-n1c(-c2csc3ccc(-c4ccc(-c5ccccc5)cc4)cc23)nc2ccccc21. The van der Waals surface area contributed by atoms with Gasteiger partial charge in [0.15, 0.2) is 0 Å². The van der Waals surface area contributed by atoms with Crippen molar-refractivity contribution in [2.45, 2.75) is 39.5 Å². The van der Waals surface area contributed by atoms with E-state index in [1.54, 1.807) is 11.3 Å². The molecule has 0 aliphatic heterocycles. The van der Waals surface area contributed by atoms with Crippen molar-refractivity contribution in [2.75, 3.05) is 0 Å². The van der Waals surface area contributed by atoms with E-state index in [0.717, 1.165) is 16.9 Å². The van der Waals surface area contributed by atoms with Gasteiger partial charge in [-0.05, 0) is 92.7 Å². The molecule has 2 nitrogen and oxygen atoms in total. The number of hydrogen-bond donors (Lipinski definition) is 0. The molecule has 8 rings (SSSR count). The smallest absolute Gasteiger partial charge is 0.147 e. The minimum absolute atomic E-state index is 0.319. The van der Waals surface area contributed by atoms with Crippen LogP contribution in [0.4, 0.5) is 0 Å². The summed E-state index contributed by atoms with van der Waals surface area (Å²) in [6, 6.07) is 50.5. The van der Waals surface area contributed by atoms with E-state index in [1.165, 1.54) is 65.8 Å². The van der Waals surface area contributed by atoms with Crippen molar-refractivity contribution in [3.8, 4) is 50.5 Å². The highest BCUT2D eigenvalue weighted by molar-refractivity contribution is 7.17. The number of nitrogens with zero attached hydrogens (tertiary/aromatic N) is 2. The van der Waals surface area contributed by atoms with Gasteiger partial charge in [0.2, 0.25) is 0 Å². The molecule has 48 heavy (non-hydrogen) atoms. The normalized spacial score (nSPS) is 11.7. The highest BCUT2D eigenvalue weighted by atomic mass is 32.1. The van der Waals surface area contributed by atoms with Gasteiger partial charge in [-0.2, -0.15) is 0 Å². The van der Waals surface area contributed by atoms with Crippen LogP contribution in [0.3, 0.4) is 0 Å². The monoisotopic (exact) mass is 638 g/mol. The lowest BCUT2D eigenvalue weighted by Crippen LogP contribution is -2.09. The van der Waals surface area contributed by atoms with Gasteiger partial charge in [0.25, 0.3) is 0 Å². The third-order valence-corrected chi connectivity index (χ3v) is 10.4. The zero-order valence-electron chi connectivity index (χ0n) is 27.8. The van der Waals surface area contributed by atoms with Gasteiger partial charge in [0.1, 0.15) is 5.82 Å². The summed E-state index contributed by atoms with van der Waals surface area (Å²) in [7, 11) is 0. The van der Waals surface area contributed by atoms with Crippen molar-refractivity contribution < 1.29 is 0 Å². The van der Waals surface area contributed by atoms with E-state index in [-0.39, 0.29) is 0 Å². The van der Waals surface area contributed by atoms with Crippen LogP contribution in [0.15, 0.2) is 145 Å². The first-order valence-corrected chi connectivity index (χ1v) is 17.7. The summed E-state index contributed by atoms with van der Waals surface area (Å²) in [5.41, 5.74) is 14.6. The number of imidazole rings is 1. The summed E-state index contributed by atoms with van der Waals surface area (Å²) in [5.74, 6) is 1.63. The van der Waals surface area contributed by atoms with Crippen molar-refractivity contribution in [1.82, 2.24) is 9.55 Å². The predicted molar refractivity (Wildman–Crippen MR) is 206 cm³/mol. The van der Waals surface area contributed by atoms with Gasteiger partial charge in [-0.25, -0.2) is 4.98 Å². The molecule has 2 aromatic heterocycles. The summed E-state index contributed by atoms with van der Waals surface area (Å²) < 4.78 is 3.72. The Bertz CT molecular complexity index is 2350. The Morgan fingerprint density at radius 3 is 1.67 bits per heavy atom. The fourth-order valence-corrected chi connectivity index (χ4v) is 7.84. The van der Waals surface area contributed by atoms with Crippen LogP contribution < -0.4 is 0 Å². The largest absolute Gasteiger partial charge is 0.292 e. The number of fused-ring (bicyclic) bond motifs is 2. The van der Waals surface area contributed by atoms with Crippen LogP contribution in [-0.4, -0.2) is 9.55 Å². The molecular formula is C45H38N2S. The van der Waals surface area contributed by atoms with Gasteiger partial charge in [-0.15, -0.1) is 11.3 Å². The Morgan fingerprint density at radius 2 is 1.04 bits per heavy atom. The van der Waals surface area contributed by atoms with Crippen LogP contribution in [0, 0.1) is 0 Å². The summed E-state index contributed by atoms with van der Waals surface area (Å²) in [5, 5.41) is 3.53. The topological polar surface area (TPSA) is 17.8 Å². The standard InChI is InChI=1S/C45H38N2S/c1-29(2)37-26-36(32-15-9-6-10-16-32)27-38(30(3)4)44(37)47-42-18-12-11-17-41(42)46-45(47)40-28-48-43-24-23-35(25-39(40)43)34-21-19-33(20-22-34)31-13-7-5-8-14-31/h5-30H,1-4H3. The second kappa shape index (κ2) is 12.4. The lowest BCUT2D eigenvalue weighted by molar-refractivity contribution is 0.812. The van der Waals surface area contributed by atoms with Crippen LogP contribution in [0.2, 0.25) is 0 Å². The second-order valence-corrected chi connectivity index (χ2v) is 14.2. The van der Waals surface area contributed by atoms with Gasteiger partial charge in [-0.3, -0.25) is 4.57 Å². The van der Waals surface area contributed by atoms with Crippen LogP contribution in [-0.2, 0) is 0 Å². The molecule has 3 heteroatoms. The van der Waals surface area contributed by atoms with Gasteiger partial charge >= 0.3 is 0 Å². The van der Waals surface area contributed by atoms with E-state index in [4.69, 9.17) is 4.98 Å². The molecule has 0 aliphatic rings. The number of para-hydroxylation sites is 2. The van der Waals surface area contributed by atoms with E-state index in [0.29, 0.717) is 11.8 Å². The summed E-state index contributed by atoms with van der Waals surface area (Å²) in [6.45, 7) is 9.25. The fourth-order valence-electron chi connectivity index (χ4n) is 6.92. The maximum Gasteiger partial charge on any atom is 0.147 e. The average molecular weight is 639 g/mol. The molecule has 0 unspecified atom stereocenters. The molecule has 0 saturated heterocycles. The quantitative estimate of drug-likeness (QED) is 0.170. The number of benzene rings is 6. The summed E-state index contributed by atoms with van der Waals surface area (Å²) in [6.07, 6.45) is 0. The van der Waals surface area contributed by atoms with E-state index in [9.17, 15) is 0 Å². The van der Waals surface area contributed by atoms with E-state index >= 15 is 0 Å². The second-order valence-electron chi connectivity index (χ2n) is 13.2. The number of aromatic nitrogens is 2. The first-order chi connectivity index (χ1) is 23.5. The molecule has 0 fully saturated rings. The minimum Gasteiger partial charge on any atom is -0.292 e. The Kier molecular flexibility index (Phi) is 7.78. The highest BCUT2D eigenvalue weighted by Gasteiger charge is 2.24. The van der Waals surface area contributed by atoms with Gasteiger partial charge in [0.05, 0.1) is 16.7 Å². The molecule has 2 heterocycles. The van der Waals surface area contributed by atoms with Crippen LogP contribution in [0.25, 0.3) is 71.6 Å². The maximum absolute atomic E-state index is 5.38. The van der Waals surface area contributed by atoms with E-state index in [1.807, 2.05) is 0 Å². The van der Waals surface area contributed by atoms with Crippen molar-refractivity contribution >= 4 is 32.5 Å². The third-order valence-electron chi connectivity index (χ3n) is 9.44. The zero-order chi connectivity index (χ0) is 32.8. The van der Waals surface area contributed by atoms with Crippen molar-refractivity contribution in [3.63, 3.8) is 0 Å². The lowest BCUT2D eigenvalue weighted by Gasteiger charge is -2.24.